The van der Waals surface area contributed by atoms with Gasteiger partial charge in [-0.15, -0.1) is 0 Å². The van der Waals surface area contributed by atoms with Crippen molar-refractivity contribution in [1.82, 2.24) is 9.13 Å². The van der Waals surface area contributed by atoms with E-state index in [0.717, 1.165) is 11.4 Å². The van der Waals surface area contributed by atoms with Crippen LogP contribution >= 0.6 is 0 Å². The Labute approximate surface area is 368 Å². The van der Waals surface area contributed by atoms with E-state index in [9.17, 15) is 0 Å². The maximum Gasteiger partial charge on any atom is 0.179 e. The largest absolute Gasteiger partial charge is 0.309 e. The molecule has 10 aromatic carbocycles. The molecule has 0 aliphatic carbocycles. The van der Waals surface area contributed by atoms with E-state index in [4.69, 9.17) is 0 Å². The van der Waals surface area contributed by atoms with E-state index in [1.807, 2.05) is 0 Å². The molecule has 2 nitrogen and oxygen atoms in total. The lowest BCUT2D eigenvalue weighted by Gasteiger charge is -2.34. The fraction of sp³-hybridized carbons (Fsp3) is 0. The Morgan fingerprint density at radius 2 is 0.762 bits per heavy atom. The first kappa shape index (κ1) is 36.8. The molecule has 2 aromatic heterocycles. The third-order valence-electron chi connectivity index (χ3n) is 13.1. The lowest BCUT2D eigenvalue weighted by molar-refractivity contribution is 1.16. The number of aromatic nitrogens is 2. The average Bonchev–Trinajstić information content (AvgIpc) is 3.88. The van der Waals surface area contributed by atoms with Crippen LogP contribution in [-0.4, -0.2) is 17.2 Å². The van der Waals surface area contributed by atoms with E-state index < -0.39 is 8.07 Å². The van der Waals surface area contributed by atoms with Gasteiger partial charge < -0.3 is 9.13 Å². The fourth-order valence-electron chi connectivity index (χ4n) is 10.4. The second kappa shape index (κ2) is 15.2. The number of nitrogens with zero attached hydrogens (tertiary/aromatic N) is 2. The molecular formula is C60H42N2Si. The Hall–Kier alpha value is -7.98. The van der Waals surface area contributed by atoms with Crippen molar-refractivity contribution in [2.75, 3.05) is 0 Å². The lowest BCUT2D eigenvalue weighted by atomic mass is 9.99. The first-order chi connectivity index (χ1) is 31.3. The van der Waals surface area contributed by atoms with Crippen molar-refractivity contribution in [3.05, 3.63) is 255 Å². The van der Waals surface area contributed by atoms with Crippen molar-refractivity contribution < 1.29 is 0 Å². The molecule has 0 bridgehead atoms. The van der Waals surface area contributed by atoms with Gasteiger partial charge >= 0.3 is 0 Å². The summed E-state index contributed by atoms with van der Waals surface area (Å²) in [5.41, 5.74) is 11.8. The van der Waals surface area contributed by atoms with Gasteiger partial charge in [0.1, 0.15) is 0 Å². The van der Waals surface area contributed by atoms with Gasteiger partial charge in [-0.05, 0) is 73.8 Å². The van der Waals surface area contributed by atoms with E-state index >= 15 is 0 Å². The molecule has 0 saturated heterocycles. The molecule has 0 N–H and O–H groups in total. The average molecular weight is 819 g/mol. The van der Waals surface area contributed by atoms with Crippen LogP contribution in [0.4, 0.5) is 0 Å². The van der Waals surface area contributed by atoms with Crippen LogP contribution in [0.1, 0.15) is 0 Å². The molecule has 0 unspecified atom stereocenters. The monoisotopic (exact) mass is 818 g/mol. The number of hydrogen-bond acceptors (Lipinski definition) is 0. The zero-order valence-electron chi connectivity index (χ0n) is 34.6. The minimum absolute atomic E-state index is 1.12. The van der Waals surface area contributed by atoms with Gasteiger partial charge in [0.2, 0.25) is 0 Å². The molecule has 0 fully saturated rings. The summed E-state index contributed by atoms with van der Waals surface area (Å²) in [6.45, 7) is 0. The summed E-state index contributed by atoms with van der Waals surface area (Å²) in [5, 5.41) is 10.4. The molecule has 3 heteroatoms. The third-order valence-corrected chi connectivity index (χ3v) is 17.8. The smallest absolute Gasteiger partial charge is 0.179 e. The zero-order chi connectivity index (χ0) is 41.7. The number of fused-ring (bicyclic) bond motifs is 6. The molecular weight excluding hydrogens is 777 g/mol. The van der Waals surface area contributed by atoms with Crippen LogP contribution in [0.5, 0.6) is 0 Å². The van der Waals surface area contributed by atoms with Gasteiger partial charge in [0.15, 0.2) is 8.07 Å². The Kier molecular flexibility index (Phi) is 8.87. The van der Waals surface area contributed by atoms with Crippen molar-refractivity contribution in [3.8, 4) is 33.6 Å². The highest BCUT2D eigenvalue weighted by atomic mass is 28.3. The van der Waals surface area contributed by atoms with Gasteiger partial charge in [-0.1, -0.05) is 218 Å². The highest BCUT2D eigenvalue weighted by Crippen LogP contribution is 2.41. The first-order valence-electron chi connectivity index (χ1n) is 21.8. The van der Waals surface area contributed by atoms with Gasteiger partial charge in [0.05, 0.1) is 27.8 Å². The molecule has 296 valence electrons. The predicted molar refractivity (Wildman–Crippen MR) is 270 cm³/mol. The van der Waals surface area contributed by atoms with Crippen LogP contribution in [0.25, 0.3) is 77.2 Å². The van der Waals surface area contributed by atoms with E-state index in [1.54, 1.807) is 0 Å². The second-order valence-electron chi connectivity index (χ2n) is 16.4. The molecule has 63 heavy (non-hydrogen) atoms. The lowest BCUT2D eigenvalue weighted by Crippen LogP contribution is -2.74. The number of rotatable bonds is 8. The topological polar surface area (TPSA) is 9.86 Å². The molecule has 0 amide bonds. The minimum atomic E-state index is -2.82. The van der Waals surface area contributed by atoms with E-state index in [2.05, 4.69) is 264 Å². The van der Waals surface area contributed by atoms with Crippen LogP contribution in [0.3, 0.4) is 0 Å². The second-order valence-corrected chi connectivity index (χ2v) is 20.2. The molecule has 0 atom stereocenters. The van der Waals surface area contributed by atoms with Gasteiger partial charge in [-0.3, -0.25) is 0 Å². The Morgan fingerprint density at radius 1 is 0.270 bits per heavy atom. The summed E-state index contributed by atoms with van der Waals surface area (Å²) >= 11 is 0. The Bertz CT molecular complexity index is 3500. The van der Waals surface area contributed by atoms with E-state index in [0.29, 0.717) is 0 Å². The molecule has 0 saturated carbocycles. The van der Waals surface area contributed by atoms with Gasteiger partial charge in [0, 0.05) is 32.8 Å². The molecule has 12 rings (SSSR count). The zero-order valence-corrected chi connectivity index (χ0v) is 35.6. The summed E-state index contributed by atoms with van der Waals surface area (Å²) in [5.74, 6) is 0. The maximum absolute atomic E-state index is 2.82. The molecule has 0 radical (unpaired) electrons. The highest BCUT2D eigenvalue weighted by Gasteiger charge is 2.41. The molecule has 12 aromatic rings. The SMILES string of the molecule is c1ccc(-c2ccccc2-n2c3ccccc3c3ccc(-n4c5ccc([Si](c6ccccc6)(c6ccccc6)c6ccccc6)cc5c5c(-c6ccccc6)cccc54)cc32)cc1. The maximum atomic E-state index is 2.55. The normalized spacial score (nSPS) is 11.8. The Morgan fingerprint density at radius 3 is 1.41 bits per heavy atom. The minimum Gasteiger partial charge on any atom is -0.309 e. The van der Waals surface area contributed by atoms with Crippen molar-refractivity contribution in [3.63, 3.8) is 0 Å². The molecule has 2 heterocycles. The predicted octanol–water partition coefficient (Wildman–Crippen LogP) is 12.6. The standard InChI is InChI=1S/C60H42N2Si/c1-6-21-43(22-7-1)50-31-16-18-34-55(50)62-56-35-19-17-32-52(56)53-39-37-45(41-59(53)62)61-57-40-38-49(42-54(57)60-51(33-20-36-58(60)61)44-23-8-2-9-24-44)63(46-25-10-3-11-26-46,47-27-12-4-13-28-47)48-29-14-5-15-30-48/h1-42H. The summed E-state index contributed by atoms with van der Waals surface area (Å²) in [6, 6.07) is 94.3. The third kappa shape index (κ3) is 5.85. The van der Waals surface area contributed by atoms with Crippen LogP contribution in [0.2, 0.25) is 0 Å². The molecule has 0 spiro atoms. The van der Waals surface area contributed by atoms with Crippen molar-refractivity contribution in [1.29, 1.82) is 0 Å². The summed E-state index contributed by atoms with van der Waals surface area (Å²) < 4.78 is 4.97. The number of para-hydroxylation sites is 2. The van der Waals surface area contributed by atoms with Gasteiger partial charge in [0.25, 0.3) is 0 Å². The van der Waals surface area contributed by atoms with Crippen LogP contribution in [-0.2, 0) is 0 Å². The highest BCUT2D eigenvalue weighted by molar-refractivity contribution is 7.20. The van der Waals surface area contributed by atoms with E-state index in [-0.39, 0.29) is 0 Å². The van der Waals surface area contributed by atoms with Crippen LogP contribution in [0, 0.1) is 0 Å². The first-order valence-corrected chi connectivity index (χ1v) is 23.8. The molecule has 0 aliphatic rings. The fourth-order valence-corrected chi connectivity index (χ4v) is 15.2. The van der Waals surface area contributed by atoms with Crippen molar-refractivity contribution >= 4 is 72.4 Å². The van der Waals surface area contributed by atoms with Crippen LogP contribution in [0.15, 0.2) is 255 Å². The number of benzene rings is 10. The number of hydrogen-bond donors (Lipinski definition) is 0. The van der Waals surface area contributed by atoms with Crippen LogP contribution < -0.4 is 20.7 Å². The quantitative estimate of drug-likeness (QED) is 0.107. The summed E-state index contributed by atoms with van der Waals surface area (Å²) in [7, 11) is -2.82. The molecule has 0 aliphatic heterocycles. The van der Waals surface area contributed by atoms with E-state index in [1.165, 1.54) is 86.6 Å². The van der Waals surface area contributed by atoms with Crippen molar-refractivity contribution in [2.45, 2.75) is 0 Å². The summed E-state index contributed by atoms with van der Waals surface area (Å²) in [6.07, 6.45) is 0. The Balaban J connectivity index is 1.18. The van der Waals surface area contributed by atoms with Gasteiger partial charge in [-0.25, -0.2) is 0 Å². The van der Waals surface area contributed by atoms with Crippen molar-refractivity contribution in [2.24, 2.45) is 0 Å². The summed E-state index contributed by atoms with van der Waals surface area (Å²) in [4.78, 5) is 0. The van der Waals surface area contributed by atoms with Gasteiger partial charge in [-0.2, -0.15) is 0 Å².